The number of hydrogen-bond donors (Lipinski definition) is 4. The Kier molecular flexibility index (Phi) is 7.50. The standard InChI is InChI=1S/C23H24ClN7O3S2/c1-13-3-6-16(11-18(13)24)31-21(25)20-14(2)29-30-22(20)28-23(31)35-12-19(32)27-10-9-15-4-7-17(8-5-15)36(26,33)34/h3-8,11,25H,9-10,12H2,1-2H3,(H,27,32)(H,29,30)(H2,26,33,34). The molecule has 0 radical (unpaired) electrons. The van der Waals surface area contributed by atoms with Crippen molar-refractivity contribution in [2.75, 3.05) is 12.3 Å². The Morgan fingerprint density at radius 3 is 2.61 bits per heavy atom. The van der Waals surface area contributed by atoms with Crippen LogP contribution in [0.15, 0.2) is 52.5 Å². The van der Waals surface area contributed by atoms with Crippen molar-refractivity contribution in [1.29, 1.82) is 5.41 Å². The molecular weight excluding hydrogens is 522 g/mol. The van der Waals surface area contributed by atoms with Crippen LogP contribution in [-0.4, -0.2) is 46.4 Å². The van der Waals surface area contributed by atoms with Crippen molar-refractivity contribution in [2.24, 2.45) is 5.14 Å². The van der Waals surface area contributed by atoms with E-state index in [2.05, 4.69) is 20.5 Å². The van der Waals surface area contributed by atoms with Gasteiger partial charge in [-0.05, 0) is 55.7 Å². The lowest BCUT2D eigenvalue weighted by Crippen LogP contribution is -2.28. The molecule has 4 aromatic rings. The average molecular weight is 546 g/mol. The highest BCUT2D eigenvalue weighted by Crippen LogP contribution is 2.24. The first kappa shape index (κ1) is 25.9. The number of aromatic amines is 1. The molecule has 5 N–H and O–H groups in total. The van der Waals surface area contributed by atoms with Crippen LogP contribution in [0.25, 0.3) is 16.7 Å². The van der Waals surface area contributed by atoms with Gasteiger partial charge >= 0.3 is 0 Å². The number of carbonyl (C=O) groups is 1. The summed E-state index contributed by atoms with van der Waals surface area (Å²) in [5, 5.41) is 25.4. The SMILES string of the molecule is Cc1ccc(-n2c(SCC(=O)NCCc3ccc(S(N)(=O)=O)cc3)nc3n[nH]c(C)c3c2=N)cc1Cl. The number of aryl methyl sites for hydroxylation is 2. The molecule has 4 rings (SSSR count). The number of benzene rings is 2. The van der Waals surface area contributed by atoms with Crippen LogP contribution in [0.3, 0.4) is 0 Å². The molecule has 0 atom stereocenters. The third kappa shape index (κ3) is 5.62. The van der Waals surface area contributed by atoms with E-state index >= 15 is 0 Å². The molecule has 0 aliphatic heterocycles. The zero-order chi connectivity index (χ0) is 26.0. The van der Waals surface area contributed by atoms with Crippen LogP contribution in [0.2, 0.25) is 5.02 Å². The largest absolute Gasteiger partial charge is 0.355 e. The minimum absolute atomic E-state index is 0.0418. The van der Waals surface area contributed by atoms with Crippen molar-refractivity contribution in [3.8, 4) is 5.69 Å². The Hall–Kier alpha value is -3.19. The Bertz CT molecular complexity index is 1610. The van der Waals surface area contributed by atoms with E-state index in [0.717, 1.165) is 16.8 Å². The van der Waals surface area contributed by atoms with Crippen molar-refractivity contribution < 1.29 is 13.2 Å². The van der Waals surface area contributed by atoms with Gasteiger partial charge in [-0.3, -0.25) is 19.9 Å². The Morgan fingerprint density at radius 1 is 1.22 bits per heavy atom. The van der Waals surface area contributed by atoms with Gasteiger partial charge < -0.3 is 5.32 Å². The molecule has 0 fully saturated rings. The number of aromatic nitrogens is 4. The fourth-order valence-corrected chi connectivity index (χ4v) is 5.09. The van der Waals surface area contributed by atoms with E-state index in [4.69, 9.17) is 22.1 Å². The van der Waals surface area contributed by atoms with Crippen LogP contribution >= 0.6 is 23.4 Å². The van der Waals surface area contributed by atoms with E-state index in [-0.39, 0.29) is 22.0 Å². The van der Waals surface area contributed by atoms with Crippen LogP contribution in [0.4, 0.5) is 0 Å². The highest BCUT2D eigenvalue weighted by atomic mass is 35.5. The van der Waals surface area contributed by atoms with Crippen LogP contribution in [-0.2, 0) is 21.2 Å². The number of primary sulfonamides is 1. The van der Waals surface area contributed by atoms with Crippen molar-refractivity contribution >= 4 is 50.3 Å². The topological polar surface area (TPSA) is 160 Å². The first-order chi connectivity index (χ1) is 17.0. The number of sulfonamides is 1. The van der Waals surface area contributed by atoms with Crippen molar-refractivity contribution in [2.45, 2.75) is 30.3 Å². The number of halogens is 1. The number of nitrogens with one attached hydrogen (secondary N) is 3. The van der Waals surface area contributed by atoms with Crippen LogP contribution in [0.5, 0.6) is 0 Å². The van der Waals surface area contributed by atoms with Crippen LogP contribution in [0, 0.1) is 19.3 Å². The van der Waals surface area contributed by atoms with Crippen molar-refractivity contribution in [3.63, 3.8) is 0 Å². The number of nitrogens with zero attached hydrogens (tertiary/aromatic N) is 3. The number of hydrogen-bond acceptors (Lipinski definition) is 7. The van der Waals surface area contributed by atoms with E-state index in [1.54, 1.807) is 22.8 Å². The van der Waals surface area contributed by atoms with Gasteiger partial charge in [0.25, 0.3) is 0 Å². The molecule has 0 bridgehead atoms. The lowest BCUT2D eigenvalue weighted by molar-refractivity contribution is -0.118. The maximum atomic E-state index is 12.5. The van der Waals surface area contributed by atoms with Gasteiger partial charge in [0.05, 0.1) is 21.7 Å². The minimum atomic E-state index is -3.74. The number of amides is 1. The van der Waals surface area contributed by atoms with Crippen molar-refractivity contribution in [3.05, 3.63) is 69.8 Å². The van der Waals surface area contributed by atoms with Gasteiger partial charge in [0.15, 0.2) is 10.8 Å². The molecule has 0 unspecified atom stereocenters. The summed E-state index contributed by atoms with van der Waals surface area (Å²) in [5.74, 6) is -0.132. The lowest BCUT2D eigenvalue weighted by Gasteiger charge is -2.14. The second-order valence-corrected chi connectivity index (χ2v) is 11.0. The minimum Gasteiger partial charge on any atom is -0.355 e. The molecule has 36 heavy (non-hydrogen) atoms. The number of fused-ring (bicyclic) bond motifs is 1. The highest BCUT2D eigenvalue weighted by molar-refractivity contribution is 7.99. The predicted octanol–water partition coefficient (Wildman–Crippen LogP) is 2.60. The van der Waals surface area contributed by atoms with Gasteiger partial charge in [0.2, 0.25) is 15.9 Å². The summed E-state index contributed by atoms with van der Waals surface area (Å²) < 4.78 is 24.4. The zero-order valence-electron chi connectivity index (χ0n) is 19.5. The molecule has 1 amide bonds. The molecule has 0 saturated carbocycles. The van der Waals surface area contributed by atoms with Gasteiger partial charge in [-0.2, -0.15) is 5.10 Å². The quantitative estimate of drug-likeness (QED) is 0.197. The maximum absolute atomic E-state index is 12.5. The number of rotatable bonds is 8. The molecule has 2 aromatic heterocycles. The molecule has 0 saturated heterocycles. The Morgan fingerprint density at radius 2 is 1.94 bits per heavy atom. The molecular formula is C23H24ClN7O3S2. The average Bonchev–Trinajstić information content (AvgIpc) is 3.20. The van der Waals surface area contributed by atoms with Crippen LogP contribution in [0.1, 0.15) is 16.8 Å². The fourth-order valence-electron chi connectivity index (χ4n) is 3.56. The second-order valence-electron chi connectivity index (χ2n) is 8.14. The van der Waals surface area contributed by atoms with Crippen LogP contribution < -0.4 is 15.9 Å². The first-order valence-electron chi connectivity index (χ1n) is 10.8. The number of carbonyl (C=O) groups excluding carboxylic acids is 1. The molecule has 0 aliphatic rings. The fraction of sp³-hybridized carbons (Fsp3) is 0.217. The highest BCUT2D eigenvalue weighted by Gasteiger charge is 2.17. The van der Waals surface area contributed by atoms with Gasteiger partial charge in [0.1, 0.15) is 5.49 Å². The summed E-state index contributed by atoms with van der Waals surface area (Å²) in [6.45, 7) is 4.09. The van der Waals surface area contributed by atoms with Gasteiger partial charge in [0, 0.05) is 17.3 Å². The molecule has 188 valence electrons. The van der Waals surface area contributed by atoms with Gasteiger partial charge in [-0.15, -0.1) is 0 Å². The Balaban J connectivity index is 1.48. The number of thioether (sulfide) groups is 1. The van der Waals surface area contributed by atoms with E-state index in [9.17, 15) is 13.2 Å². The van der Waals surface area contributed by atoms with E-state index in [0.29, 0.717) is 39.9 Å². The number of H-pyrrole nitrogens is 1. The molecule has 0 spiro atoms. The summed E-state index contributed by atoms with van der Waals surface area (Å²) in [6, 6.07) is 11.7. The first-order valence-corrected chi connectivity index (χ1v) is 13.8. The smallest absolute Gasteiger partial charge is 0.238 e. The molecule has 2 heterocycles. The summed E-state index contributed by atoms with van der Waals surface area (Å²) in [5.41, 5.74) is 3.75. The lowest BCUT2D eigenvalue weighted by atomic mass is 10.1. The van der Waals surface area contributed by atoms with Crippen molar-refractivity contribution in [1.82, 2.24) is 25.1 Å². The van der Waals surface area contributed by atoms with Gasteiger partial charge in [-0.1, -0.05) is 41.6 Å². The summed E-state index contributed by atoms with van der Waals surface area (Å²) in [7, 11) is -3.74. The molecule has 10 nitrogen and oxygen atoms in total. The molecule has 0 aliphatic carbocycles. The normalized spacial score (nSPS) is 11.7. The Labute approximate surface area is 216 Å². The third-order valence-corrected chi connectivity index (χ3v) is 7.79. The second kappa shape index (κ2) is 10.4. The monoisotopic (exact) mass is 545 g/mol. The molecule has 2 aromatic carbocycles. The number of nitrogens with two attached hydrogens (primary N) is 1. The van der Waals surface area contributed by atoms with Gasteiger partial charge in [-0.25, -0.2) is 18.5 Å². The summed E-state index contributed by atoms with van der Waals surface area (Å²) in [6.07, 6.45) is 0.525. The molecule has 13 heteroatoms. The predicted molar refractivity (Wildman–Crippen MR) is 139 cm³/mol. The van der Waals surface area contributed by atoms with E-state index < -0.39 is 10.0 Å². The summed E-state index contributed by atoms with van der Waals surface area (Å²) >= 11 is 7.53. The zero-order valence-corrected chi connectivity index (χ0v) is 21.9. The van der Waals surface area contributed by atoms with E-state index in [1.165, 1.54) is 23.9 Å². The van der Waals surface area contributed by atoms with E-state index in [1.807, 2.05) is 26.0 Å². The summed E-state index contributed by atoms with van der Waals surface area (Å²) in [4.78, 5) is 17.2. The third-order valence-electron chi connectivity index (χ3n) is 5.52. The maximum Gasteiger partial charge on any atom is 0.238 e.